The maximum Gasteiger partial charge on any atom is 0.223 e. The summed E-state index contributed by atoms with van der Waals surface area (Å²) in [6.07, 6.45) is 0.827. The van der Waals surface area contributed by atoms with Gasteiger partial charge in [-0.05, 0) is 18.6 Å². The van der Waals surface area contributed by atoms with E-state index in [-0.39, 0.29) is 0 Å². The average Bonchev–Trinajstić information content (AvgIpc) is 2.87. The zero-order valence-corrected chi connectivity index (χ0v) is 12.7. The molecule has 110 valence electrons. The summed E-state index contributed by atoms with van der Waals surface area (Å²) in [6.45, 7) is 2.63. The molecule has 1 aliphatic heterocycles. The van der Waals surface area contributed by atoms with E-state index >= 15 is 0 Å². The van der Waals surface area contributed by atoms with Crippen LogP contribution in [0.5, 0.6) is 0 Å². The number of para-hydroxylation sites is 1. The molecule has 7 heteroatoms. The smallest absolute Gasteiger partial charge is 0.223 e. The van der Waals surface area contributed by atoms with E-state index in [0.717, 1.165) is 6.42 Å². The molecular weight excluding hydrogens is 301 g/mol. The maximum atomic E-state index is 6.12. The molecule has 1 heterocycles. The fraction of sp³-hybridized carbons (Fsp3) is 0.462. The van der Waals surface area contributed by atoms with Gasteiger partial charge in [0.2, 0.25) is 5.96 Å². The lowest BCUT2D eigenvalue weighted by atomic mass is 10.3. The Balaban J connectivity index is 1.94. The average molecular weight is 318 g/mol. The molecule has 1 aromatic carbocycles. The normalized spacial score (nSPS) is 14.6. The van der Waals surface area contributed by atoms with Gasteiger partial charge in [0.15, 0.2) is 0 Å². The lowest BCUT2D eigenvalue weighted by molar-refractivity contribution is -0.0954. The number of anilines is 1. The van der Waals surface area contributed by atoms with Crippen LogP contribution in [0.3, 0.4) is 0 Å². The molecule has 0 bridgehead atoms. The first kappa shape index (κ1) is 15.4. The van der Waals surface area contributed by atoms with Crippen molar-refractivity contribution in [2.75, 3.05) is 38.7 Å². The molecule has 0 unspecified atom stereocenters. The number of rotatable bonds is 6. The molecule has 20 heavy (non-hydrogen) atoms. The van der Waals surface area contributed by atoms with Crippen LogP contribution in [0.2, 0.25) is 10.0 Å². The molecule has 0 atom stereocenters. The molecule has 0 saturated heterocycles. The molecule has 0 spiro atoms. The Morgan fingerprint density at radius 2 is 2.05 bits per heavy atom. The highest BCUT2D eigenvalue weighted by atomic mass is 35.5. The molecule has 5 nitrogen and oxygen atoms in total. The lowest BCUT2D eigenvalue weighted by Crippen LogP contribution is -2.33. The monoisotopic (exact) mass is 317 g/mol. The third kappa shape index (κ3) is 3.99. The quantitative estimate of drug-likeness (QED) is 0.819. The van der Waals surface area contributed by atoms with Crippen LogP contribution in [-0.4, -0.2) is 44.4 Å². The highest BCUT2D eigenvalue weighted by Gasteiger charge is 2.19. The minimum Gasteiger partial charge on any atom is -0.385 e. The third-order valence-corrected chi connectivity index (χ3v) is 3.37. The second-order valence-corrected chi connectivity index (χ2v) is 5.02. The van der Waals surface area contributed by atoms with Crippen molar-refractivity contribution < 1.29 is 9.57 Å². The third-order valence-electron chi connectivity index (χ3n) is 2.74. The van der Waals surface area contributed by atoms with Gasteiger partial charge in [-0.25, -0.2) is 10.1 Å². The minimum absolute atomic E-state index is 0.548. The highest BCUT2D eigenvalue weighted by Crippen LogP contribution is 2.30. The number of guanidine groups is 1. The van der Waals surface area contributed by atoms with Gasteiger partial charge in [0, 0.05) is 13.7 Å². The van der Waals surface area contributed by atoms with Crippen molar-refractivity contribution >= 4 is 34.8 Å². The van der Waals surface area contributed by atoms with Gasteiger partial charge in [-0.1, -0.05) is 29.3 Å². The molecule has 1 aromatic rings. The van der Waals surface area contributed by atoms with Crippen molar-refractivity contribution in [2.24, 2.45) is 4.99 Å². The number of methoxy groups -OCH3 is 1. The number of halogens is 2. The fourth-order valence-corrected chi connectivity index (χ4v) is 2.26. The summed E-state index contributed by atoms with van der Waals surface area (Å²) in [5.74, 6) is 0.623. The van der Waals surface area contributed by atoms with E-state index in [1.54, 1.807) is 30.4 Å². The second-order valence-electron chi connectivity index (χ2n) is 4.21. The molecular formula is C13H17Cl2N3O2. The van der Waals surface area contributed by atoms with Gasteiger partial charge in [0.25, 0.3) is 0 Å². The van der Waals surface area contributed by atoms with Crippen LogP contribution in [-0.2, 0) is 9.57 Å². The van der Waals surface area contributed by atoms with Crippen LogP contribution in [0.15, 0.2) is 23.2 Å². The maximum absolute atomic E-state index is 6.12. The van der Waals surface area contributed by atoms with Gasteiger partial charge in [-0.2, -0.15) is 0 Å². The number of aliphatic imine (C=N–C) groups is 1. The summed E-state index contributed by atoms with van der Waals surface area (Å²) in [5, 5.41) is 5.94. The zero-order valence-electron chi connectivity index (χ0n) is 11.2. The van der Waals surface area contributed by atoms with Crippen molar-refractivity contribution in [3.05, 3.63) is 28.2 Å². The van der Waals surface area contributed by atoms with Crippen molar-refractivity contribution in [3.8, 4) is 0 Å². The van der Waals surface area contributed by atoms with Gasteiger partial charge < -0.3 is 10.1 Å². The molecule has 0 aromatic heterocycles. The summed E-state index contributed by atoms with van der Waals surface area (Å²) < 4.78 is 4.98. The van der Waals surface area contributed by atoms with E-state index in [1.165, 1.54) is 0 Å². The second kappa shape index (κ2) is 7.69. The van der Waals surface area contributed by atoms with Crippen LogP contribution < -0.4 is 5.32 Å². The van der Waals surface area contributed by atoms with Crippen LogP contribution in [0.25, 0.3) is 0 Å². The molecule has 1 aliphatic rings. The van der Waals surface area contributed by atoms with Crippen molar-refractivity contribution in [3.63, 3.8) is 0 Å². The first-order valence-electron chi connectivity index (χ1n) is 6.37. The Morgan fingerprint density at radius 3 is 2.75 bits per heavy atom. The SMILES string of the molecule is COCCCON1CCN=C1Nc1c(Cl)cccc1Cl. The summed E-state index contributed by atoms with van der Waals surface area (Å²) in [5.41, 5.74) is 0.641. The molecule has 0 saturated carbocycles. The van der Waals surface area contributed by atoms with E-state index in [1.807, 2.05) is 0 Å². The van der Waals surface area contributed by atoms with Gasteiger partial charge in [-0.3, -0.25) is 4.84 Å². The predicted molar refractivity (Wildman–Crippen MR) is 81.5 cm³/mol. The molecule has 0 aliphatic carbocycles. The number of nitrogens with one attached hydrogen (secondary N) is 1. The largest absolute Gasteiger partial charge is 0.385 e. The van der Waals surface area contributed by atoms with Crippen LogP contribution in [0, 0.1) is 0 Å². The minimum atomic E-state index is 0.548. The standard InChI is InChI=1S/C13H17Cl2N3O2/c1-19-8-3-9-20-18-7-6-16-13(18)17-12-10(14)4-2-5-11(12)15/h2,4-5H,3,6-9H2,1H3,(H,16,17). The lowest BCUT2D eigenvalue weighted by Gasteiger charge is -2.21. The first-order valence-corrected chi connectivity index (χ1v) is 7.13. The van der Waals surface area contributed by atoms with Crippen molar-refractivity contribution in [1.82, 2.24) is 5.06 Å². The zero-order chi connectivity index (χ0) is 14.4. The Hall–Kier alpha value is -1.01. The molecule has 0 fully saturated rings. The van der Waals surface area contributed by atoms with Gasteiger partial charge in [0.1, 0.15) is 0 Å². The Bertz CT molecular complexity index is 462. The summed E-state index contributed by atoms with van der Waals surface area (Å²) in [4.78, 5) is 9.99. The topological polar surface area (TPSA) is 46.1 Å². The summed E-state index contributed by atoms with van der Waals surface area (Å²) in [6, 6.07) is 5.34. The first-order chi connectivity index (χ1) is 9.72. The predicted octanol–water partition coefficient (Wildman–Crippen LogP) is 3.05. The Kier molecular flexibility index (Phi) is 5.91. The van der Waals surface area contributed by atoms with E-state index in [9.17, 15) is 0 Å². The van der Waals surface area contributed by atoms with E-state index < -0.39 is 0 Å². The number of hydrogen-bond donors (Lipinski definition) is 1. The number of hydroxylamine groups is 2. The number of benzene rings is 1. The number of nitrogens with zero attached hydrogens (tertiary/aromatic N) is 2. The van der Waals surface area contributed by atoms with Crippen LogP contribution in [0.4, 0.5) is 5.69 Å². The number of ether oxygens (including phenoxy) is 1. The van der Waals surface area contributed by atoms with Crippen LogP contribution in [0.1, 0.15) is 6.42 Å². The Labute approximate surface area is 128 Å². The van der Waals surface area contributed by atoms with Crippen molar-refractivity contribution in [1.29, 1.82) is 0 Å². The van der Waals surface area contributed by atoms with Crippen molar-refractivity contribution in [2.45, 2.75) is 6.42 Å². The van der Waals surface area contributed by atoms with Crippen LogP contribution >= 0.6 is 23.2 Å². The van der Waals surface area contributed by atoms with E-state index in [2.05, 4.69) is 10.3 Å². The summed E-state index contributed by atoms with van der Waals surface area (Å²) >= 11 is 12.2. The van der Waals surface area contributed by atoms with E-state index in [4.69, 9.17) is 32.8 Å². The highest BCUT2D eigenvalue weighted by molar-refractivity contribution is 6.39. The molecule has 2 rings (SSSR count). The molecule has 0 amide bonds. The molecule has 1 N–H and O–H groups in total. The van der Waals surface area contributed by atoms with Gasteiger partial charge >= 0.3 is 0 Å². The van der Waals surface area contributed by atoms with Gasteiger partial charge in [0.05, 0.1) is 35.4 Å². The Morgan fingerprint density at radius 1 is 1.30 bits per heavy atom. The number of hydrogen-bond acceptors (Lipinski definition) is 5. The summed E-state index contributed by atoms with van der Waals surface area (Å²) in [7, 11) is 1.67. The molecule has 0 radical (unpaired) electrons. The fourth-order valence-electron chi connectivity index (χ4n) is 1.77. The van der Waals surface area contributed by atoms with Gasteiger partial charge in [-0.15, -0.1) is 0 Å². The van der Waals surface area contributed by atoms with E-state index in [0.29, 0.717) is 48.0 Å².